The predicted octanol–water partition coefficient (Wildman–Crippen LogP) is 0.0456. The van der Waals surface area contributed by atoms with E-state index in [-0.39, 0.29) is 8.42 Å². The maximum absolute atomic E-state index is 12.5. The molecule has 1 aliphatic heterocycles. The predicted molar refractivity (Wildman–Crippen MR) is 73.5 cm³/mol. The number of primary sulfonamides is 1. The summed E-state index contributed by atoms with van der Waals surface area (Å²) in [6.45, 7) is 2.08. The van der Waals surface area contributed by atoms with E-state index >= 15 is 0 Å². The quantitative estimate of drug-likeness (QED) is 0.847. The summed E-state index contributed by atoms with van der Waals surface area (Å²) in [5, 5.41) is 5.03. The Balaban J connectivity index is 2.53. The van der Waals surface area contributed by atoms with Gasteiger partial charge in [-0.1, -0.05) is 0 Å². The van der Waals surface area contributed by atoms with Gasteiger partial charge in [0, 0.05) is 6.54 Å². The second-order valence-electron chi connectivity index (χ2n) is 5.29. The third-order valence-corrected chi connectivity index (χ3v) is 8.76. The molecule has 0 spiro atoms. The molecule has 0 unspecified atom stereocenters. The van der Waals surface area contributed by atoms with E-state index in [4.69, 9.17) is 5.14 Å². The second kappa shape index (κ2) is 4.26. The van der Waals surface area contributed by atoms with Gasteiger partial charge >= 0.3 is 0 Å². The van der Waals surface area contributed by atoms with Gasteiger partial charge in [-0.2, -0.15) is 0 Å². The highest BCUT2D eigenvalue weighted by molar-refractivity contribution is 7.96. The summed E-state index contributed by atoms with van der Waals surface area (Å²) in [4.78, 5) is 1.81. The summed E-state index contributed by atoms with van der Waals surface area (Å²) in [5.41, 5.74) is 0.554. The van der Waals surface area contributed by atoms with Crippen LogP contribution in [0.2, 0.25) is 0 Å². The Hall–Kier alpha value is -0.480. The molecule has 2 N–H and O–H groups in total. The molecule has 0 saturated carbocycles. The molecule has 0 aromatic carbocycles. The molecule has 2 rings (SSSR count). The third-order valence-electron chi connectivity index (χ3n) is 3.14. The smallest absolute Gasteiger partial charge is 0.247 e. The van der Waals surface area contributed by atoms with E-state index in [1.165, 1.54) is 6.07 Å². The zero-order chi connectivity index (χ0) is 14.6. The van der Waals surface area contributed by atoms with Crippen molar-refractivity contribution in [2.75, 3.05) is 20.6 Å². The first-order valence-corrected chi connectivity index (χ1v) is 9.37. The molecular formula is C10H16N2O4S3. The van der Waals surface area contributed by atoms with Crippen molar-refractivity contribution in [2.45, 2.75) is 26.5 Å². The highest BCUT2D eigenvalue weighted by Gasteiger charge is 2.49. The molecule has 9 heteroatoms. The number of thiophene rings is 1. The number of hydrogen-bond donors (Lipinski definition) is 1. The topological polar surface area (TPSA) is 97.5 Å². The molecule has 0 amide bonds. The number of fused-ring (bicyclic) bond motifs is 1. The van der Waals surface area contributed by atoms with Crippen molar-refractivity contribution >= 4 is 31.2 Å². The Morgan fingerprint density at radius 3 is 2.47 bits per heavy atom. The molecule has 0 bridgehead atoms. The molecular weight excluding hydrogens is 308 g/mol. The minimum absolute atomic E-state index is 0.0898. The zero-order valence-electron chi connectivity index (χ0n) is 10.9. The largest absolute Gasteiger partial charge is 0.308 e. The Bertz CT molecular complexity index is 718. The molecule has 1 aromatic heterocycles. The lowest BCUT2D eigenvalue weighted by Gasteiger charge is -2.26. The first kappa shape index (κ1) is 14.9. The van der Waals surface area contributed by atoms with E-state index < -0.39 is 24.6 Å². The van der Waals surface area contributed by atoms with E-state index in [0.717, 1.165) is 11.3 Å². The van der Waals surface area contributed by atoms with Gasteiger partial charge in [-0.25, -0.2) is 22.0 Å². The zero-order valence-corrected chi connectivity index (χ0v) is 13.3. The Labute approximate surface area is 117 Å². The lowest BCUT2D eigenvalue weighted by molar-refractivity contribution is 0.352. The lowest BCUT2D eigenvalue weighted by atomic mass is 10.0. The normalized spacial score (nSPS) is 25.7. The monoisotopic (exact) mass is 324 g/mol. The molecule has 6 nitrogen and oxygen atoms in total. The maximum Gasteiger partial charge on any atom is 0.247 e. The molecule has 108 valence electrons. The second-order valence-corrected chi connectivity index (χ2v) is 10.8. The number of hydrogen-bond acceptors (Lipinski definition) is 6. The summed E-state index contributed by atoms with van der Waals surface area (Å²) in [6, 6.07) is 1.38. The van der Waals surface area contributed by atoms with Gasteiger partial charge in [0.25, 0.3) is 0 Å². The molecule has 2 heterocycles. The summed E-state index contributed by atoms with van der Waals surface area (Å²) in [6.07, 6.45) is 0.314. The van der Waals surface area contributed by atoms with Crippen molar-refractivity contribution in [3.05, 3.63) is 11.6 Å². The third kappa shape index (κ3) is 2.33. The molecule has 0 saturated heterocycles. The van der Waals surface area contributed by atoms with E-state index in [1.54, 1.807) is 6.92 Å². The SMILES string of the molecule is CN(C)C[C@]1(C)Cc2cc(S(N)(=O)=O)sc2S1(=O)=O. The van der Waals surface area contributed by atoms with Gasteiger partial charge in [0.2, 0.25) is 10.0 Å². The highest BCUT2D eigenvalue weighted by atomic mass is 32.3. The number of nitrogens with two attached hydrogens (primary N) is 1. The van der Waals surface area contributed by atoms with Crippen molar-refractivity contribution in [1.82, 2.24) is 4.90 Å². The van der Waals surface area contributed by atoms with Gasteiger partial charge in [-0.05, 0) is 39.1 Å². The number of sulfonamides is 1. The molecule has 1 aliphatic rings. The summed E-state index contributed by atoms with van der Waals surface area (Å²) >= 11 is 0.746. The average molecular weight is 324 g/mol. The fourth-order valence-electron chi connectivity index (χ4n) is 2.41. The molecule has 1 atom stereocenters. The van der Waals surface area contributed by atoms with Crippen LogP contribution in [-0.4, -0.2) is 47.1 Å². The molecule has 1 aromatic rings. The van der Waals surface area contributed by atoms with Gasteiger partial charge in [0.05, 0.1) is 4.75 Å². The van der Waals surface area contributed by atoms with E-state index in [1.807, 2.05) is 19.0 Å². The van der Waals surface area contributed by atoms with Crippen LogP contribution < -0.4 is 5.14 Å². The van der Waals surface area contributed by atoms with Crippen LogP contribution in [0.4, 0.5) is 0 Å². The Kier molecular flexibility index (Phi) is 3.34. The van der Waals surface area contributed by atoms with Crippen LogP contribution >= 0.6 is 11.3 Å². The van der Waals surface area contributed by atoms with Gasteiger partial charge in [-0.3, -0.25) is 0 Å². The van der Waals surface area contributed by atoms with Crippen LogP contribution in [-0.2, 0) is 26.3 Å². The van der Waals surface area contributed by atoms with Crippen LogP contribution in [0.25, 0.3) is 0 Å². The highest BCUT2D eigenvalue weighted by Crippen LogP contribution is 2.44. The van der Waals surface area contributed by atoms with Crippen molar-refractivity contribution in [3.8, 4) is 0 Å². The lowest BCUT2D eigenvalue weighted by Crippen LogP contribution is -2.42. The average Bonchev–Trinajstić information content (AvgIpc) is 2.65. The molecule has 19 heavy (non-hydrogen) atoms. The molecule has 0 fully saturated rings. The van der Waals surface area contributed by atoms with Crippen molar-refractivity contribution in [2.24, 2.45) is 5.14 Å². The van der Waals surface area contributed by atoms with Gasteiger partial charge < -0.3 is 4.90 Å². The minimum Gasteiger partial charge on any atom is -0.308 e. The van der Waals surface area contributed by atoms with Gasteiger partial charge in [-0.15, -0.1) is 11.3 Å². The standard InChI is InChI=1S/C10H16N2O4S3/c1-10(6-12(2)3)5-7-4-8(19(11,15)16)17-9(7)18(10,13)14/h4H,5-6H2,1-3H3,(H2,11,15,16)/t10-/m0/s1. The van der Waals surface area contributed by atoms with E-state index in [0.29, 0.717) is 18.5 Å². The van der Waals surface area contributed by atoms with Crippen LogP contribution in [0.3, 0.4) is 0 Å². The Morgan fingerprint density at radius 1 is 1.47 bits per heavy atom. The Morgan fingerprint density at radius 2 is 2.05 bits per heavy atom. The number of nitrogens with zero attached hydrogens (tertiary/aromatic N) is 1. The molecule has 0 aliphatic carbocycles. The fourth-order valence-corrected chi connectivity index (χ4v) is 7.24. The van der Waals surface area contributed by atoms with Crippen LogP contribution in [0.5, 0.6) is 0 Å². The molecule has 0 radical (unpaired) electrons. The van der Waals surface area contributed by atoms with Crippen molar-refractivity contribution in [3.63, 3.8) is 0 Å². The van der Waals surface area contributed by atoms with Crippen LogP contribution in [0, 0.1) is 0 Å². The first-order chi connectivity index (χ1) is 8.47. The fraction of sp³-hybridized carbons (Fsp3) is 0.600. The van der Waals surface area contributed by atoms with Crippen molar-refractivity contribution in [1.29, 1.82) is 0 Å². The van der Waals surface area contributed by atoms with Gasteiger partial charge in [0.15, 0.2) is 9.84 Å². The van der Waals surface area contributed by atoms with Crippen molar-refractivity contribution < 1.29 is 16.8 Å². The number of rotatable bonds is 3. The summed E-state index contributed by atoms with van der Waals surface area (Å²) in [7, 11) is -3.75. The van der Waals surface area contributed by atoms with E-state index in [9.17, 15) is 16.8 Å². The summed E-state index contributed by atoms with van der Waals surface area (Å²) in [5.74, 6) is 0. The van der Waals surface area contributed by atoms with Gasteiger partial charge in [0.1, 0.15) is 8.42 Å². The maximum atomic E-state index is 12.5. The summed E-state index contributed by atoms with van der Waals surface area (Å²) < 4.78 is 46.7. The van der Waals surface area contributed by atoms with E-state index in [2.05, 4.69) is 0 Å². The van der Waals surface area contributed by atoms with Crippen LogP contribution in [0.15, 0.2) is 14.5 Å². The number of sulfone groups is 1. The minimum atomic E-state index is -3.85. The first-order valence-electron chi connectivity index (χ1n) is 5.52. The van der Waals surface area contributed by atoms with Crippen LogP contribution in [0.1, 0.15) is 12.5 Å².